The van der Waals surface area contributed by atoms with Crippen molar-refractivity contribution in [3.8, 4) is 0 Å². The Balaban J connectivity index is 2.36. The summed E-state index contributed by atoms with van der Waals surface area (Å²) < 4.78 is 0. The molecule has 1 atom stereocenters. The summed E-state index contributed by atoms with van der Waals surface area (Å²) in [6.45, 7) is 14.8. The summed E-state index contributed by atoms with van der Waals surface area (Å²) in [6.07, 6.45) is 8.05. The SMILES string of the molecule is CCCCCCCC(C)(CN)N1CCN(C(C)C)CC1. The van der Waals surface area contributed by atoms with E-state index in [0.717, 1.165) is 6.54 Å². The zero-order valence-electron chi connectivity index (χ0n) is 14.3. The van der Waals surface area contributed by atoms with E-state index in [9.17, 15) is 0 Å². The third-order valence-electron chi connectivity index (χ3n) is 5.07. The first kappa shape index (κ1) is 17.9. The highest BCUT2D eigenvalue weighted by Gasteiger charge is 2.32. The minimum absolute atomic E-state index is 0.218. The van der Waals surface area contributed by atoms with E-state index in [1.807, 2.05) is 0 Å². The Labute approximate surface area is 126 Å². The van der Waals surface area contributed by atoms with E-state index in [1.54, 1.807) is 0 Å². The Bertz CT molecular complexity index is 247. The number of piperazine rings is 1. The molecule has 1 aliphatic rings. The Morgan fingerprint density at radius 1 is 1.00 bits per heavy atom. The summed E-state index contributed by atoms with van der Waals surface area (Å²) in [4.78, 5) is 5.22. The molecule has 0 aliphatic carbocycles. The first-order valence-corrected chi connectivity index (χ1v) is 8.72. The largest absolute Gasteiger partial charge is 0.329 e. The Morgan fingerprint density at radius 3 is 2.10 bits per heavy atom. The van der Waals surface area contributed by atoms with E-state index >= 15 is 0 Å². The minimum Gasteiger partial charge on any atom is -0.329 e. The molecule has 3 heteroatoms. The summed E-state index contributed by atoms with van der Waals surface area (Å²) in [7, 11) is 0. The molecule has 0 radical (unpaired) electrons. The molecule has 0 aromatic rings. The fraction of sp³-hybridized carbons (Fsp3) is 1.00. The molecule has 120 valence electrons. The van der Waals surface area contributed by atoms with Gasteiger partial charge >= 0.3 is 0 Å². The molecule has 0 spiro atoms. The van der Waals surface area contributed by atoms with Crippen LogP contribution in [-0.4, -0.2) is 54.1 Å². The number of hydrogen-bond acceptors (Lipinski definition) is 3. The lowest BCUT2D eigenvalue weighted by Gasteiger charge is -2.46. The van der Waals surface area contributed by atoms with E-state index < -0.39 is 0 Å². The van der Waals surface area contributed by atoms with E-state index in [2.05, 4.69) is 37.5 Å². The van der Waals surface area contributed by atoms with Gasteiger partial charge in [0.1, 0.15) is 0 Å². The van der Waals surface area contributed by atoms with Crippen molar-refractivity contribution >= 4 is 0 Å². The topological polar surface area (TPSA) is 32.5 Å². The number of rotatable bonds is 9. The second-order valence-electron chi connectivity index (χ2n) is 6.98. The van der Waals surface area contributed by atoms with Crippen molar-refractivity contribution in [2.75, 3.05) is 32.7 Å². The lowest BCUT2D eigenvalue weighted by molar-refractivity contribution is 0.0294. The number of nitrogens with zero attached hydrogens (tertiary/aromatic N) is 2. The summed E-state index contributed by atoms with van der Waals surface area (Å²) in [5.41, 5.74) is 6.34. The zero-order valence-corrected chi connectivity index (χ0v) is 14.3. The van der Waals surface area contributed by atoms with Gasteiger partial charge in [0, 0.05) is 44.3 Å². The first-order chi connectivity index (χ1) is 9.53. The van der Waals surface area contributed by atoms with Crippen LogP contribution in [0.2, 0.25) is 0 Å². The van der Waals surface area contributed by atoms with Gasteiger partial charge in [-0.1, -0.05) is 39.0 Å². The molecule has 1 heterocycles. The Kier molecular flexibility index (Phi) is 8.08. The molecule has 1 unspecified atom stereocenters. The molecule has 0 aromatic carbocycles. The van der Waals surface area contributed by atoms with Crippen LogP contribution in [0.25, 0.3) is 0 Å². The highest BCUT2D eigenvalue weighted by Crippen LogP contribution is 2.24. The molecule has 2 N–H and O–H groups in total. The predicted molar refractivity (Wildman–Crippen MR) is 89.1 cm³/mol. The number of nitrogens with two attached hydrogens (primary N) is 1. The predicted octanol–water partition coefficient (Wildman–Crippen LogP) is 3.09. The van der Waals surface area contributed by atoms with Gasteiger partial charge in [-0.25, -0.2) is 0 Å². The number of unbranched alkanes of at least 4 members (excludes halogenated alkanes) is 4. The fourth-order valence-corrected chi connectivity index (χ4v) is 3.28. The summed E-state index contributed by atoms with van der Waals surface area (Å²) in [5.74, 6) is 0. The molecule has 1 rings (SSSR count). The summed E-state index contributed by atoms with van der Waals surface area (Å²) in [5, 5.41) is 0. The van der Waals surface area contributed by atoms with Gasteiger partial charge in [0.25, 0.3) is 0 Å². The molecule has 3 nitrogen and oxygen atoms in total. The lowest BCUT2D eigenvalue weighted by atomic mass is 9.91. The van der Waals surface area contributed by atoms with Crippen molar-refractivity contribution in [2.24, 2.45) is 5.73 Å². The smallest absolute Gasteiger partial charge is 0.0304 e. The summed E-state index contributed by atoms with van der Waals surface area (Å²) >= 11 is 0. The molecule has 1 fully saturated rings. The van der Waals surface area contributed by atoms with Crippen LogP contribution in [0.4, 0.5) is 0 Å². The third kappa shape index (κ3) is 5.34. The molecule has 0 aromatic heterocycles. The second-order valence-corrected chi connectivity index (χ2v) is 6.98. The van der Waals surface area contributed by atoms with Crippen LogP contribution >= 0.6 is 0 Å². The molecule has 0 amide bonds. The number of hydrogen-bond donors (Lipinski definition) is 1. The van der Waals surface area contributed by atoms with Crippen molar-refractivity contribution in [1.29, 1.82) is 0 Å². The van der Waals surface area contributed by atoms with E-state index in [4.69, 9.17) is 5.73 Å². The normalized spacial score (nSPS) is 21.3. The average molecular weight is 284 g/mol. The van der Waals surface area contributed by atoms with Crippen molar-refractivity contribution in [1.82, 2.24) is 9.80 Å². The van der Waals surface area contributed by atoms with Gasteiger partial charge in [0.2, 0.25) is 0 Å². The quantitative estimate of drug-likeness (QED) is 0.660. The maximum Gasteiger partial charge on any atom is 0.0304 e. The van der Waals surface area contributed by atoms with Crippen LogP contribution in [0.3, 0.4) is 0 Å². The Morgan fingerprint density at radius 2 is 1.60 bits per heavy atom. The van der Waals surface area contributed by atoms with Crippen LogP contribution in [-0.2, 0) is 0 Å². The highest BCUT2D eigenvalue weighted by atomic mass is 15.3. The van der Waals surface area contributed by atoms with E-state index in [-0.39, 0.29) is 5.54 Å². The third-order valence-corrected chi connectivity index (χ3v) is 5.07. The zero-order chi connectivity index (χ0) is 15.0. The fourth-order valence-electron chi connectivity index (χ4n) is 3.28. The molecule has 1 aliphatic heterocycles. The molecule has 0 saturated carbocycles. The van der Waals surface area contributed by atoms with E-state index in [1.165, 1.54) is 64.7 Å². The maximum absolute atomic E-state index is 6.12. The van der Waals surface area contributed by atoms with Gasteiger partial charge in [-0.3, -0.25) is 9.80 Å². The minimum atomic E-state index is 0.218. The molecular weight excluding hydrogens is 246 g/mol. The van der Waals surface area contributed by atoms with Crippen LogP contribution in [0.15, 0.2) is 0 Å². The molecule has 1 saturated heterocycles. The molecule has 0 bridgehead atoms. The molecular formula is C17H37N3. The van der Waals surface area contributed by atoms with Gasteiger partial charge in [-0.05, 0) is 27.2 Å². The maximum atomic E-state index is 6.12. The first-order valence-electron chi connectivity index (χ1n) is 8.72. The summed E-state index contributed by atoms with van der Waals surface area (Å²) in [6, 6.07) is 0.676. The van der Waals surface area contributed by atoms with Gasteiger partial charge in [-0.15, -0.1) is 0 Å². The van der Waals surface area contributed by atoms with Gasteiger partial charge in [-0.2, -0.15) is 0 Å². The monoisotopic (exact) mass is 283 g/mol. The van der Waals surface area contributed by atoms with Crippen molar-refractivity contribution < 1.29 is 0 Å². The Hall–Kier alpha value is -0.120. The van der Waals surface area contributed by atoms with E-state index in [0.29, 0.717) is 6.04 Å². The molecule has 20 heavy (non-hydrogen) atoms. The van der Waals surface area contributed by atoms with Crippen molar-refractivity contribution in [3.63, 3.8) is 0 Å². The highest BCUT2D eigenvalue weighted by molar-refractivity contribution is 4.90. The van der Waals surface area contributed by atoms with Crippen LogP contribution in [0, 0.1) is 0 Å². The second kappa shape index (κ2) is 9.01. The van der Waals surface area contributed by atoms with Crippen molar-refractivity contribution in [2.45, 2.75) is 77.8 Å². The van der Waals surface area contributed by atoms with Crippen LogP contribution < -0.4 is 5.73 Å². The van der Waals surface area contributed by atoms with Crippen LogP contribution in [0.5, 0.6) is 0 Å². The van der Waals surface area contributed by atoms with Gasteiger partial charge < -0.3 is 5.73 Å². The van der Waals surface area contributed by atoms with Gasteiger partial charge in [0.05, 0.1) is 0 Å². The lowest BCUT2D eigenvalue weighted by Crippen LogP contribution is -2.59. The standard InChI is InChI=1S/C17H37N3/c1-5-6-7-8-9-10-17(4,15-18)20-13-11-19(12-14-20)16(2)3/h16H,5-15,18H2,1-4H3. The van der Waals surface area contributed by atoms with Gasteiger partial charge in [0.15, 0.2) is 0 Å². The van der Waals surface area contributed by atoms with Crippen molar-refractivity contribution in [3.05, 3.63) is 0 Å². The van der Waals surface area contributed by atoms with Crippen LogP contribution in [0.1, 0.15) is 66.2 Å². The average Bonchev–Trinajstić information content (AvgIpc) is 2.47.